The van der Waals surface area contributed by atoms with Gasteiger partial charge in [0.1, 0.15) is 17.4 Å². The number of amides is 2. The standard InChI is InChI=1S/C32H43N3O5/c1-5-22-40-31(38)25-18-20-26(21-19-25)39-23-13-11-9-7-6-8-10-12-17-29(36)34-27-15-14-16-28(33-27)35-30(37)24-32(2,3)4/h1,14-16,18-21H,6-13,17,22-24H2,2-4H3,(H2,33,34,35,36,37). The van der Waals surface area contributed by atoms with Crippen LogP contribution in [0.1, 0.15) is 95.3 Å². The molecule has 0 atom stereocenters. The lowest BCUT2D eigenvalue weighted by Crippen LogP contribution is -2.20. The molecule has 0 unspecified atom stereocenters. The zero-order chi connectivity index (χ0) is 29.2. The summed E-state index contributed by atoms with van der Waals surface area (Å²) in [6.45, 7) is 6.61. The molecule has 0 aliphatic heterocycles. The normalized spacial score (nSPS) is 10.8. The maximum atomic E-state index is 12.3. The van der Waals surface area contributed by atoms with E-state index in [-0.39, 0.29) is 23.8 Å². The number of nitrogens with one attached hydrogen (secondary N) is 2. The fourth-order valence-corrected chi connectivity index (χ4v) is 3.96. The average molecular weight is 550 g/mol. The Hall–Kier alpha value is -3.86. The van der Waals surface area contributed by atoms with Crippen LogP contribution in [0, 0.1) is 17.8 Å². The molecule has 0 fully saturated rings. The van der Waals surface area contributed by atoms with E-state index in [9.17, 15) is 14.4 Å². The van der Waals surface area contributed by atoms with Crippen molar-refractivity contribution in [3.8, 4) is 18.1 Å². The molecule has 0 saturated carbocycles. The minimum Gasteiger partial charge on any atom is -0.494 e. The number of ether oxygens (including phenoxy) is 2. The summed E-state index contributed by atoms with van der Waals surface area (Å²) in [5.74, 6) is 3.28. The van der Waals surface area contributed by atoms with E-state index < -0.39 is 5.97 Å². The van der Waals surface area contributed by atoms with Crippen molar-refractivity contribution in [3.05, 3.63) is 48.0 Å². The lowest BCUT2D eigenvalue weighted by Gasteiger charge is -2.17. The van der Waals surface area contributed by atoms with Crippen molar-refractivity contribution < 1.29 is 23.9 Å². The van der Waals surface area contributed by atoms with Gasteiger partial charge >= 0.3 is 5.97 Å². The molecule has 1 aromatic carbocycles. The summed E-state index contributed by atoms with van der Waals surface area (Å²) in [5, 5.41) is 5.61. The van der Waals surface area contributed by atoms with Crippen molar-refractivity contribution in [3.63, 3.8) is 0 Å². The summed E-state index contributed by atoms with van der Waals surface area (Å²) in [4.78, 5) is 40.5. The Kier molecular flexibility index (Phi) is 14.3. The van der Waals surface area contributed by atoms with Crippen LogP contribution in [-0.2, 0) is 14.3 Å². The minimum absolute atomic E-state index is 0.0380. The fraction of sp³-hybridized carbons (Fsp3) is 0.500. The minimum atomic E-state index is -0.439. The Bertz CT molecular complexity index is 1120. The topological polar surface area (TPSA) is 107 Å². The Balaban J connectivity index is 1.48. The zero-order valence-corrected chi connectivity index (χ0v) is 24.1. The molecule has 0 radical (unpaired) electrons. The second kappa shape index (κ2) is 17.7. The Morgan fingerprint density at radius 3 is 2.00 bits per heavy atom. The van der Waals surface area contributed by atoms with Crippen LogP contribution in [0.2, 0.25) is 0 Å². The molecule has 0 bridgehead atoms. The number of hydrogen-bond donors (Lipinski definition) is 2. The van der Waals surface area contributed by atoms with Gasteiger partial charge in [0, 0.05) is 12.8 Å². The van der Waals surface area contributed by atoms with Crippen LogP contribution in [0.25, 0.3) is 0 Å². The molecule has 0 spiro atoms. The van der Waals surface area contributed by atoms with Gasteiger partial charge in [0.05, 0.1) is 12.2 Å². The number of rotatable bonds is 17. The number of carbonyl (C=O) groups excluding carboxylic acids is 3. The molecule has 216 valence electrons. The average Bonchev–Trinajstić information content (AvgIpc) is 2.89. The molecule has 2 amide bonds. The molecule has 40 heavy (non-hydrogen) atoms. The van der Waals surface area contributed by atoms with E-state index in [2.05, 4.69) is 21.5 Å². The molecular formula is C32H43N3O5. The van der Waals surface area contributed by atoms with E-state index in [0.29, 0.717) is 36.6 Å². The highest BCUT2D eigenvalue weighted by Gasteiger charge is 2.16. The van der Waals surface area contributed by atoms with E-state index in [1.807, 2.05) is 20.8 Å². The quantitative estimate of drug-likeness (QED) is 0.128. The summed E-state index contributed by atoms with van der Waals surface area (Å²) in [7, 11) is 0. The van der Waals surface area contributed by atoms with E-state index >= 15 is 0 Å². The van der Waals surface area contributed by atoms with Gasteiger partial charge in [-0.25, -0.2) is 9.78 Å². The van der Waals surface area contributed by atoms with Gasteiger partial charge in [-0.15, -0.1) is 6.42 Å². The maximum absolute atomic E-state index is 12.3. The lowest BCUT2D eigenvalue weighted by molar-refractivity contribution is -0.118. The number of esters is 1. The first-order valence-electron chi connectivity index (χ1n) is 14.1. The Labute approximate surface area is 238 Å². The number of carbonyl (C=O) groups is 3. The van der Waals surface area contributed by atoms with Gasteiger partial charge < -0.3 is 20.1 Å². The van der Waals surface area contributed by atoms with E-state index in [4.69, 9.17) is 15.9 Å². The van der Waals surface area contributed by atoms with E-state index in [0.717, 1.165) is 57.1 Å². The first kappa shape index (κ1) is 32.4. The predicted molar refractivity (Wildman–Crippen MR) is 158 cm³/mol. The van der Waals surface area contributed by atoms with E-state index in [1.165, 1.54) is 0 Å². The summed E-state index contributed by atoms with van der Waals surface area (Å²) in [6, 6.07) is 12.1. The highest BCUT2D eigenvalue weighted by atomic mass is 16.5. The fourth-order valence-electron chi connectivity index (χ4n) is 3.96. The number of benzene rings is 1. The molecule has 2 rings (SSSR count). The molecule has 1 aromatic heterocycles. The van der Waals surface area contributed by atoms with Crippen molar-refractivity contribution in [2.45, 2.75) is 85.0 Å². The molecule has 2 aromatic rings. The summed E-state index contributed by atoms with van der Waals surface area (Å²) in [5.41, 5.74) is 0.341. The second-order valence-corrected chi connectivity index (χ2v) is 11.0. The number of hydrogen-bond acceptors (Lipinski definition) is 6. The largest absolute Gasteiger partial charge is 0.494 e. The predicted octanol–water partition coefficient (Wildman–Crippen LogP) is 6.77. The molecular weight excluding hydrogens is 506 g/mol. The van der Waals surface area contributed by atoms with Crippen LogP contribution in [0.3, 0.4) is 0 Å². The third-order valence-corrected chi connectivity index (χ3v) is 5.92. The van der Waals surface area contributed by atoms with Gasteiger partial charge in [-0.2, -0.15) is 0 Å². The van der Waals surface area contributed by atoms with Crippen molar-refractivity contribution in [1.29, 1.82) is 0 Å². The van der Waals surface area contributed by atoms with Crippen LogP contribution < -0.4 is 15.4 Å². The number of anilines is 2. The maximum Gasteiger partial charge on any atom is 0.339 e. The van der Waals surface area contributed by atoms with Crippen molar-refractivity contribution in [1.82, 2.24) is 4.98 Å². The van der Waals surface area contributed by atoms with Crippen LogP contribution in [-0.4, -0.2) is 36.0 Å². The van der Waals surface area contributed by atoms with Crippen LogP contribution in [0.4, 0.5) is 11.6 Å². The first-order valence-corrected chi connectivity index (χ1v) is 14.1. The first-order chi connectivity index (χ1) is 19.2. The number of unbranched alkanes of at least 4 members (excludes halogenated alkanes) is 7. The van der Waals surface area contributed by atoms with Gasteiger partial charge in [0.15, 0.2) is 6.61 Å². The summed E-state index contributed by atoms with van der Waals surface area (Å²) >= 11 is 0. The van der Waals surface area contributed by atoms with Crippen LogP contribution >= 0.6 is 0 Å². The highest BCUT2D eigenvalue weighted by Crippen LogP contribution is 2.20. The van der Waals surface area contributed by atoms with Crippen LogP contribution in [0.15, 0.2) is 42.5 Å². The molecule has 0 saturated heterocycles. The molecule has 0 aliphatic rings. The SMILES string of the molecule is C#CCOC(=O)c1ccc(OCCCCCCCCCCC(=O)Nc2cccc(NC(=O)CC(C)(C)C)n2)cc1. The third-order valence-electron chi connectivity index (χ3n) is 5.92. The lowest BCUT2D eigenvalue weighted by atomic mass is 9.92. The monoisotopic (exact) mass is 549 g/mol. The van der Waals surface area contributed by atoms with Crippen molar-refractivity contribution in [2.24, 2.45) is 5.41 Å². The van der Waals surface area contributed by atoms with Gasteiger partial charge in [-0.05, 0) is 54.7 Å². The number of nitrogens with zero attached hydrogens (tertiary/aromatic N) is 1. The summed E-state index contributed by atoms with van der Waals surface area (Å²) in [6.07, 6.45) is 14.4. The molecule has 8 heteroatoms. The van der Waals surface area contributed by atoms with Gasteiger partial charge in [0.25, 0.3) is 0 Å². The van der Waals surface area contributed by atoms with Gasteiger partial charge in [0.2, 0.25) is 11.8 Å². The molecule has 1 heterocycles. The number of aromatic nitrogens is 1. The Morgan fingerprint density at radius 2 is 1.40 bits per heavy atom. The third kappa shape index (κ3) is 14.3. The zero-order valence-electron chi connectivity index (χ0n) is 24.1. The van der Waals surface area contributed by atoms with Crippen LogP contribution in [0.5, 0.6) is 5.75 Å². The number of pyridine rings is 1. The summed E-state index contributed by atoms with van der Waals surface area (Å²) < 4.78 is 10.6. The van der Waals surface area contributed by atoms with Crippen molar-refractivity contribution in [2.75, 3.05) is 23.8 Å². The second-order valence-electron chi connectivity index (χ2n) is 11.0. The molecule has 0 aliphatic carbocycles. The number of terminal acetylenes is 1. The Morgan fingerprint density at radius 1 is 0.825 bits per heavy atom. The van der Waals surface area contributed by atoms with Crippen molar-refractivity contribution >= 4 is 29.4 Å². The molecule has 2 N–H and O–H groups in total. The van der Waals surface area contributed by atoms with Gasteiger partial charge in [-0.1, -0.05) is 71.3 Å². The highest BCUT2D eigenvalue weighted by molar-refractivity contribution is 5.92. The molecule has 8 nitrogen and oxygen atoms in total. The van der Waals surface area contributed by atoms with E-state index in [1.54, 1.807) is 42.5 Å². The van der Waals surface area contributed by atoms with Gasteiger partial charge in [-0.3, -0.25) is 9.59 Å². The smallest absolute Gasteiger partial charge is 0.339 e.